The number of rotatable bonds is 5. The number of piperazine rings is 1. The molecule has 1 fully saturated rings. The maximum atomic E-state index is 11.4. The summed E-state index contributed by atoms with van der Waals surface area (Å²) in [5, 5.41) is 9.36. The van der Waals surface area contributed by atoms with E-state index < -0.39 is 5.97 Å². The average molecular weight is 292 g/mol. The van der Waals surface area contributed by atoms with Crippen LogP contribution in [0.2, 0.25) is 0 Å². The quantitative estimate of drug-likeness (QED) is 0.902. The standard InChI is InChI=1S/C16H24N2O3/c1-4-12(2)17-7-9-18(10-8-17)15-11-13(21-3)5-6-14(15)16(19)20/h5-6,11-12H,4,7-10H2,1-3H3,(H,19,20). The van der Waals surface area contributed by atoms with Gasteiger partial charge in [-0.25, -0.2) is 4.79 Å². The van der Waals surface area contributed by atoms with Crippen molar-refractivity contribution >= 4 is 11.7 Å². The Kier molecular flexibility index (Phi) is 5.07. The van der Waals surface area contributed by atoms with E-state index >= 15 is 0 Å². The van der Waals surface area contributed by atoms with Crippen molar-refractivity contribution in [3.05, 3.63) is 23.8 Å². The van der Waals surface area contributed by atoms with Crippen molar-refractivity contribution in [2.75, 3.05) is 38.2 Å². The maximum absolute atomic E-state index is 11.4. The summed E-state index contributed by atoms with van der Waals surface area (Å²) in [5.41, 5.74) is 1.10. The Morgan fingerprint density at radius 2 is 2.00 bits per heavy atom. The molecule has 21 heavy (non-hydrogen) atoms. The number of carbonyl (C=O) groups is 1. The summed E-state index contributed by atoms with van der Waals surface area (Å²) in [6.45, 7) is 8.05. The molecule has 0 spiro atoms. The Morgan fingerprint density at radius 3 is 2.52 bits per heavy atom. The summed E-state index contributed by atoms with van der Waals surface area (Å²) < 4.78 is 5.23. The number of ether oxygens (including phenoxy) is 1. The lowest BCUT2D eigenvalue weighted by Crippen LogP contribution is -2.49. The average Bonchev–Trinajstić information content (AvgIpc) is 2.53. The van der Waals surface area contributed by atoms with Gasteiger partial charge in [0, 0.05) is 38.3 Å². The van der Waals surface area contributed by atoms with Crippen LogP contribution in [0.1, 0.15) is 30.6 Å². The van der Waals surface area contributed by atoms with E-state index in [0.717, 1.165) is 38.3 Å². The number of methoxy groups -OCH3 is 1. The summed E-state index contributed by atoms with van der Waals surface area (Å²) in [6.07, 6.45) is 1.14. The molecule has 1 aromatic rings. The minimum absolute atomic E-state index is 0.341. The Morgan fingerprint density at radius 1 is 1.33 bits per heavy atom. The molecule has 1 heterocycles. The maximum Gasteiger partial charge on any atom is 0.337 e. The van der Waals surface area contributed by atoms with Crippen molar-refractivity contribution in [3.8, 4) is 5.75 Å². The van der Waals surface area contributed by atoms with Gasteiger partial charge in [0.2, 0.25) is 0 Å². The predicted molar refractivity (Wildman–Crippen MR) is 83.5 cm³/mol. The Balaban J connectivity index is 2.17. The fourth-order valence-electron chi connectivity index (χ4n) is 2.74. The highest BCUT2D eigenvalue weighted by Crippen LogP contribution is 2.27. The molecule has 1 N–H and O–H groups in total. The first-order valence-corrected chi connectivity index (χ1v) is 7.47. The topological polar surface area (TPSA) is 53.0 Å². The zero-order chi connectivity index (χ0) is 15.4. The number of anilines is 1. The third kappa shape index (κ3) is 3.47. The number of carboxylic acids is 1. The fraction of sp³-hybridized carbons (Fsp3) is 0.562. The summed E-state index contributed by atoms with van der Waals surface area (Å²) in [4.78, 5) is 16.0. The van der Waals surface area contributed by atoms with Crippen LogP contribution in [0.4, 0.5) is 5.69 Å². The molecule has 1 unspecified atom stereocenters. The van der Waals surface area contributed by atoms with Gasteiger partial charge in [-0.1, -0.05) is 6.92 Å². The van der Waals surface area contributed by atoms with E-state index in [2.05, 4.69) is 23.6 Å². The van der Waals surface area contributed by atoms with Gasteiger partial charge in [-0.05, 0) is 25.5 Å². The van der Waals surface area contributed by atoms with Gasteiger partial charge in [-0.2, -0.15) is 0 Å². The first-order chi connectivity index (χ1) is 10.1. The van der Waals surface area contributed by atoms with Crippen LogP contribution in [0.25, 0.3) is 0 Å². The van der Waals surface area contributed by atoms with Crippen molar-refractivity contribution < 1.29 is 14.6 Å². The van der Waals surface area contributed by atoms with Crippen LogP contribution in [0.3, 0.4) is 0 Å². The summed E-state index contributed by atoms with van der Waals surface area (Å²) in [5.74, 6) is -0.198. The van der Waals surface area contributed by atoms with Gasteiger partial charge in [-0.15, -0.1) is 0 Å². The normalized spacial score (nSPS) is 17.6. The number of nitrogens with zero attached hydrogens (tertiary/aromatic N) is 2. The number of hydrogen-bond donors (Lipinski definition) is 1. The highest BCUT2D eigenvalue weighted by Gasteiger charge is 2.23. The molecule has 0 aromatic heterocycles. The minimum Gasteiger partial charge on any atom is -0.497 e. The number of carboxylic acid groups (broad SMARTS) is 1. The molecular weight excluding hydrogens is 268 g/mol. The van der Waals surface area contributed by atoms with Crippen molar-refractivity contribution in [1.29, 1.82) is 0 Å². The number of hydrogen-bond acceptors (Lipinski definition) is 4. The van der Waals surface area contributed by atoms with Crippen molar-refractivity contribution in [1.82, 2.24) is 4.90 Å². The van der Waals surface area contributed by atoms with E-state index in [4.69, 9.17) is 4.74 Å². The van der Waals surface area contributed by atoms with Gasteiger partial charge >= 0.3 is 5.97 Å². The van der Waals surface area contributed by atoms with E-state index in [1.54, 1.807) is 19.2 Å². The van der Waals surface area contributed by atoms with Crippen LogP contribution >= 0.6 is 0 Å². The van der Waals surface area contributed by atoms with Gasteiger partial charge < -0.3 is 14.7 Å². The van der Waals surface area contributed by atoms with Crippen LogP contribution in [0.5, 0.6) is 5.75 Å². The second-order valence-corrected chi connectivity index (χ2v) is 5.47. The van der Waals surface area contributed by atoms with Crippen LogP contribution in [-0.4, -0.2) is 55.3 Å². The van der Waals surface area contributed by atoms with E-state index in [9.17, 15) is 9.90 Å². The SMILES string of the molecule is CCC(C)N1CCN(c2cc(OC)ccc2C(=O)O)CC1. The summed E-state index contributed by atoms with van der Waals surface area (Å²) in [7, 11) is 1.60. The lowest BCUT2D eigenvalue weighted by Gasteiger charge is -2.39. The molecule has 0 aliphatic carbocycles. The summed E-state index contributed by atoms with van der Waals surface area (Å²) in [6, 6.07) is 5.72. The van der Waals surface area contributed by atoms with Crippen molar-refractivity contribution in [2.24, 2.45) is 0 Å². The smallest absolute Gasteiger partial charge is 0.337 e. The molecule has 1 saturated heterocycles. The van der Waals surface area contributed by atoms with Gasteiger partial charge in [0.05, 0.1) is 18.4 Å². The Labute approximate surface area is 126 Å². The first kappa shape index (κ1) is 15.6. The van der Waals surface area contributed by atoms with Gasteiger partial charge in [0.15, 0.2) is 0 Å². The molecule has 116 valence electrons. The molecular formula is C16H24N2O3. The van der Waals surface area contributed by atoms with Crippen LogP contribution < -0.4 is 9.64 Å². The molecule has 0 saturated carbocycles. The predicted octanol–water partition coefficient (Wildman–Crippen LogP) is 2.31. The van der Waals surface area contributed by atoms with E-state index in [0.29, 0.717) is 17.4 Å². The van der Waals surface area contributed by atoms with Gasteiger partial charge in [-0.3, -0.25) is 4.90 Å². The van der Waals surface area contributed by atoms with Gasteiger partial charge in [0.25, 0.3) is 0 Å². The van der Waals surface area contributed by atoms with Crippen LogP contribution in [-0.2, 0) is 0 Å². The van der Waals surface area contributed by atoms with Crippen molar-refractivity contribution in [2.45, 2.75) is 26.3 Å². The highest BCUT2D eigenvalue weighted by molar-refractivity contribution is 5.94. The van der Waals surface area contributed by atoms with Crippen LogP contribution in [0.15, 0.2) is 18.2 Å². The molecule has 1 atom stereocenters. The molecule has 5 heteroatoms. The molecule has 1 aliphatic rings. The highest BCUT2D eigenvalue weighted by atomic mass is 16.5. The Bertz CT molecular complexity index is 496. The molecule has 0 amide bonds. The first-order valence-electron chi connectivity index (χ1n) is 7.47. The van der Waals surface area contributed by atoms with Crippen molar-refractivity contribution in [3.63, 3.8) is 0 Å². The molecule has 2 rings (SSSR count). The lowest BCUT2D eigenvalue weighted by atomic mass is 10.1. The molecule has 5 nitrogen and oxygen atoms in total. The lowest BCUT2D eigenvalue weighted by molar-refractivity contribution is 0.0697. The van der Waals surface area contributed by atoms with E-state index in [-0.39, 0.29) is 0 Å². The zero-order valence-electron chi connectivity index (χ0n) is 13.0. The molecule has 0 radical (unpaired) electrons. The second kappa shape index (κ2) is 6.80. The zero-order valence-corrected chi connectivity index (χ0v) is 13.0. The van der Waals surface area contributed by atoms with Crippen LogP contribution in [0, 0.1) is 0 Å². The second-order valence-electron chi connectivity index (χ2n) is 5.47. The molecule has 1 aromatic carbocycles. The summed E-state index contributed by atoms with van der Waals surface area (Å²) >= 11 is 0. The fourth-order valence-corrected chi connectivity index (χ4v) is 2.74. The monoisotopic (exact) mass is 292 g/mol. The third-order valence-corrected chi connectivity index (χ3v) is 4.30. The molecule has 1 aliphatic heterocycles. The minimum atomic E-state index is -0.892. The number of aromatic carboxylic acids is 1. The largest absolute Gasteiger partial charge is 0.497 e. The van der Waals surface area contributed by atoms with Gasteiger partial charge in [0.1, 0.15) is 5.75 Å². The van der Waals surface area contributed by atoms with E-state index in [1.165, 1.54) is 0 Å². The number of benzene rings is 1. The Hall–Kier alpha value is -1.75. The van der Waals surface area contributed by atoms with E-state index in [1.807, 2.05) is 6.07 Å². The molecule has 0 bridgehead atoms. The third-order valence-electron chi connectivity index (χ3n) is 4.30.